The molecule has 0 saturated carbocycles. The quantitative estimate of drug-likeness (QED) is 0.549. The van der Waals surface area contributed by atoms with E-state index in [4.69, 9.17) is 9.84 Å². The molecule has 0 bridgehead atoms. The average Bonchev–Trinajstić information content (AvgIpc) is 2.52. The normalized spacial score (nSPS) is 11.5. The van der Waals surface area contributed by atoms with Crippen LogP contribution in [-0.4, -0.2) is 48.3 Å². The summed E-state index contributed by atoms with van der Waals surface area (Å²) in [6.45, 7) is 5.07. The summed E-state index contributed by atoms with van der Waals surface area (Å²) in [5.41, 5.74) is 0.721. The zero-order valence-electron chi connectivity index (χ0n) is 14.0. The Morgan fingerprint density at radius 3 is 2.46 bits per heavy atom. The van der Waals surface area contributed by atoms with Gasteiger partial charge in [-0.05, 0) is 32.9 Å². The van der Waals surface area contributed by atoms with Crippen molar-refractivity contribution in [1.29, 1.82) is 0 Å². The minimum Gasteiger partial charge on any atom is -0.449 e. The standard InChI is InChI=1S/C16H23N3O5/c1-10(2)18-16(23)19-14(21)11(3)24-15(22)12-6-4-5-7-13(12)17-8-9-20/h4-7,10-11,17,20H,8-9H2,1-3H3,(H2,18,19,21,23)/t11-/m1/s1. The van der Waals surface area contributed by atoms with E-state index in [-0.39, 0.29) is 24.8 Å². The molecule has 0 aromatic heterocycles. The fourth-order valence-corrected chi connectivity index (χ4v) is 1.80. The number of aliphatic hydroxyl groups excluding tert-OH is 1. The van der Waals surface area contributed by atoms with Crippen molar-refractivity contribution in [2.45, 2.75) is 32.9 Å². The highest BCUT2D eigenvalue weighted by molar-refractivity contribution is 6.00. The van der Waals surface area contributed by atoms with E-state index in [1.807, 2.05) is 0 Å². The maximum atomic E-state index is 12.2. The summed E-state index contributed by atoms with van der Waals surface area (Å²) in [7, 11) is 0. The Bertz CT molecular complexity index is 589. The van der Waals surface area contributed by atoms with Gasteiger partial charge in [0.15, 0.2) is 6.10 Å². The summed E-state index contributed by atoms with van der Waals surface area (Å²) in [5.74, 6) is -1.43. The first kappa shape index (κ1) is 19.4. The number of rotatable bonds is 7. The second-order valence-electron chi connectivity index (χ2n) is 5.36. The number of carbonyl (C=O) groups excluding carboxylic acids is 3. The Morgan fingerprint density at radius 2 is 1.83 bits per heavy atom. The summed E-state index contributed by atoms with van der Waals surface area (Å²) >= 11 is 0. The van der Waals surface area contributed by atoms with Gasteiger partial charge in [-0.15, -0.1) is 0 Å². The lowest BCUT2D eigenvalue weighted by atomic mass is 10.2. The molecule has 0 saturated heterocycles. The fourth-order valence-electron chi connectivity index (χ4n) is 1.80. The van der Waals surface area contributed by atoms with Crippen LogP contribution in [0.3, 0.4) is 0 Å². The minimum atomic E-state index is -1.14. The van der Waals surface area contributed by atoms with Gasteiger partial charge in [0.05, 0.1) is 12.2 Å². The van der Waals surface area contributed by atoms with Crippen LogP contribution in [-0.2, 0) is 9.53 Å². The van der Waals surface area contributed by atoms with E-state index in [9.17, 15) is 14.4 Å². The number of para-hydroxylation sites is 1. The van der Waals surface area contributed by atoms with Gasteiger partial charge >= 0.3 is 12.0 Å². The number of amides is 3. The van der Waals surface area contributed by atoms with Crippen molar-refractivity contribution in [3.8, 4) is 0 Å². The van der Waals surface area contributed by atoms with Crippen LogP contribution < -0.4 is 16.0 Å². The fraction of sp³-hybridized carbons (Fsp3) is 0.438. The van der Waals surface area contributed by atoms with Crippen molar-refractivity contribution in [3.63, 3.8) is 0 Å². The summed E-state index contributed by atoms with van der Waals surface area (Å²) in [6.07, 6.45) is -1.14. The monoisotopic (exact) mass is 337 g/mol. The van der Waals surface area contributed by atoms with Gasteiger partial charge in [-0.25, -0.2) is 9.59 Å². The molecule has 1 atom stereocenters. The summed E-state index contributed by atoms with van der Waals surface area (Å²) in [5, 5.41) is 16.3. The zero-order valence-corrected chi connectivity index (χ0v) is 14.0. The molecule has 1 aromatic carbocycles. The predicted octanol–water partition coefficient (Wildman–Crippen LogP) is 0.870. The first-order chi connectivity index (χ1) is 11.3. The number of ether oxygens (including phenoxy) is 1. The minimum absolute atomic E-state index is 0.0901. The Kier molecular flexibility index (Phi) is 7.70. The number of benzene rings is 1. The van der Waals surface area contributed by atoms with Gasteiger partial charge in [0.25, 0.3) is 5.91 Å². The number of carbonyl (C=O) groups is 3. The van der Waals surface area contributed by atoms with Crippen LogP contribution in [0.2, 0.25) is 0 Å². The lowest BCUT2D eigenvalue weighted by molar-refractivity contribution is -0.127. The molecule has 0 heterocycles. The first-order valence-electron chi connectivity index (χ1n) is 7.61. The Balaban J connectivity index is 2.67. The molecular weight excluding hydrogens is 314 g/mol. The predicted molar refractivity (Wildman–Crippen MR) is 88.7 cm³/mol. The number of imide groups is 1. The lowest BCUT2D eigenvalue weighted by Crippen LogP contribution is -2.46. The van der Waals surface area contributed by atoms with Crippen LogP contribution in [0.25, 0.3) is 0 Å². The highest BCUT2D eigenvalue weighted by atomic mass is 16.5. The van der Waals surface area contributed by atoms with Crippen LogP contribution in [0.15, 0.2) is 24.3 Å². The number of aliphatic hydroxyl groups is 1. The molecule has 3 amide bonds. The van der Waals surface area contributed by atoms with Crippen LogP contribution in [0, 0.1) is 0 Å². The SMILES string of the molecule is CC(C)NC(=O)NC(=O)[C@@H](C)OC(=O)c1ccccc1NCCO. The molecule has 0 spiro atoms. The number of hydrogen-bond acceptors (Lipinski definition) is 6. The van der Waals surface area contributed by atoms with Crippen molar-refractivity contribution >= 4 is 23.6 Å². The van der Waals surface area contributed by atoms with Crippen LogP contribution in [0.1, 0.15) is 31.1 Å². The van der Waals surface area contributed by atoms with Crippen molar-refractivity contribution in [2.24, 2.45) is 0 Å². The molecule has 0 fully saturated rings. The van der Waals surface area contributed by atoms with Gasteiger partial charge in [-0.3, -0.25) is 10.1 Å². The molecule has 0 unspecified atom stereocenters. The van der Waals surface area contributed by atoms with Crippen molar-refractivity contribution in [2.75, 3.05) is 18.5 Å². The van der Waals surface area contributed by atoms with Gasteiger partial charge in [0, 0.05) is 18.3 Å². The maximum absolute atomic E-state index is 12.2. The molecule has 24 heavy (non-hydrogen) atoms. The van der Waals surface area contributed by atoms with E-state index < -0.39 is 24.0 Å². The van der Waals surface area contributed by atoms with E-state index in [1.54, 1.807) is 32.0 Å². The Hall–Kier alpha value is -2.61. The molecule has 0 radical (unpaired) electrons. The highest BCUT2D eigenvalue weighted by Gasteiger charge is 2.22. The third-order valence-corrected chi connectivity index (χ3v) is 2.88. The zero-order chi connectivity index (χ0) is 18.1. The van der Waals surface area contributed by atoms with Crippen molar-refractivity contribution in [3.05, 3.63) is 29.8 Å². The number of urea groups is 1. The molecule has 1 rings (SSSR count). The Morgan fingerprint density at radius 1 is 1.17 bits per heavy atom. The first-order valence-corrected chi connectivity index (χ1v) is 7.61. The molecule has 132 valence electrons. The molecule has 0 aliphatic heterocycles. The molecule has 0 aliphatic rings. The summed E-state index contributed by atoms with van der Waals surface area (Å²) in [4.78, 5) is 35.5. The largest absolute Gasteiger partial charge is 0.449 e. The van der Waals surface area contributed by atoms with E-state index in [0.717, 1.165) is 0 Å². The van der Waals surface area contributed by atoms with Gasteiger partial charge in [0.2, 0.25) is 0 Å². The van der Waals surface area contributed by atoms with Gasteiger partial charge < -0.3 is 20.5 Å². The van der Waals surface area contributed by atoms with Crippen LogP contribution in [0.5, 0.6) is 0 Å². The second kappa shape index (κ2) is 9.51. The Labute approximate surface area is 140 Å². The van der Waals surface area contributed by atoms with E-state index in [0.29, 0.717) is 5.69 Å². The summed E-state index contributed by atoms with van der Waals surface area (Å²) in [6, 6.07) is 5.80. The van der Waals surface area contributed by atoms with Crippen LogP contribution in [0.4, 0.5) is 10.5 Å². The second-order valence-corrected chi connectivity index (χ2v) is 5.36. The smallest absolute Gasteiger partial charge is 0.341 e. The van der Waals surface area contributed by atoms with Gasteiger partial charge in [0.1, 0.15) is 0 Å². The number of esters is 1. The topological polar surface area (TPSA) is 117 Å². The van der Waals surface area contributed by atoms with Gasteiger partial charge in [-0.1, -0.05) is 12.1 Å². The average molecular weight is 337 g/mol. The molecule has 8 heteroatoms. The number of hydrogen-bond donors (Lipinski definition) is 4. The molecular formula is C16H23N3O5. The van der Waals surface area contributed by atoms with E-state index in [2.05, 4.69) is 16.0 Å². The third kappa shape index (κ3) is 6.25. The lowest BCUT2D eigenvalue weighted by Gasteiger charge is -2.16. The van der Waals surface area contributed by atoms with Crippen LogP contribution >= 0.6 is 0 Å². The summed E-state index contributed by atoms with van der Waals surface area (Å²) < 4.78 is 5.09. The maximum Gasteiger partial charge on any atom is 0.341 e. The van der Waals surface area contributed by atoms with Gasteiger partial charge in [-0.2, -0.15) is 0 Å². The molecule has 0 aliphatic carbocycles. The number of anilines is 1. The van der Waals surface area contributed by atoms with Crippen molar-refractivity contribution < 1.29 is 24.2 Å². The molecule has 4 N–H and O–H groups in total. The van der Waals surface area contributed by atoms with E-state index >= 15 is 0 Å². The van der Waals surface area contributed by atoms with E-state index in [1.165, 1.54) is 13.0 Å². The highest BCUT2D eigenvalue weighted by Crippen LogP contribution is 2.16. The molecule has 1 aromatic rings. The number of nitrogens with one attached hydrogen (secondary N) is 3. The molecule has 8 nitrogen and oxygen atoms in total. The van der Waals surface area contributed by atoms with Crippen molar-refractivity contribution in [1.82, 2.24) is 10.6 Å². The third-order valence-electron chi connectivity index (χ3n) is 2.88.